The van der Waals surface area contributed by atoms with Crippen molar-refractivity contribution in [2.24, 2.45) is 0 Å². The fraction of sp³-hybridized carbons (Fsp3) is 0.100. The Morgan fingerprint density at radius 1 is 1.42 bits per heavy atom. The Kier molecular flexibility index (Phi) is 2.89. The molecule has 0 spiro atoms. The van der Waals surface area contributed by atoms with Gasteiger partial charge in [-0.05, 0) is 12.1 Å². The molecule has 2 rings (SSSR count). The zero-order valence-electron chi connectivity index (χ0n) is 9.22. The zero-order valence-corrected chi connectivity index (χ0v) is 9.22. The number of nitrogens with zero attached hydrogens (tertiary/aromatic N) is 3. The van der Waals surface area contributed by atoms with Crippen LogP contribution in [0, 0.1) is 0 Å². The molecule has 0 amide bonds. The first kappa shape index (κ1) is 12.9. The van der Waals surface area contributed by atoms with Crippen LogP contribution in [0.1, 0.15) is 16.1 Å². The highest BCUT2D eigenvalue weighted by Crippen LogP contribution is 2.29. The lowest BCUT2D eigenvalue weighted by Crippen LogP contribution is -2.08. The number of hydrogen-bond donors (Lipinski definition) is 2. The molecule has 0 atom stereocenters. The number of anilines is 1. The molecule has 0 aromatic carbocycles. The van der Waals surface area contributed by atoms with Gasteiger partial charge in [-0.3, -0.25) is 0 Å². The first-order chi connectivity index (χ1) is 8.79. The van der Waals surface area contributed by atoms with Gasteiger partial charge in [-0.25, -0.2) is 14.5 Å². The largest absolute Gasteiger partial charge is 0.476 e. The summed E-state index contributed by atoms with van der Waals surface area (Å²) < 4.78 is 38.4. The van der Waals surface area contributed by atoms with Crippen LogP contribution in [0.5, 0.6) is 0 Å². The summed E-state index contributed by atoms with van der Waals surface area (Å²) in [6, 6.07) is 1.55. The molecule has 0 aliphatic carbocycles. The van der Waals surface area contributed by atoms with E-state index in [1.165, 1.54) is 0 Å². The highest BCUT2D eigenvalue weighted by molar-refractivity contribution is 5.91. The summed E-state index contributed by atoms with van der Waals surface area (Å²) >= 11 is 0. The van der Waals surface area contributed by atoms with Gasteiger partial charge < -0.3 is 10.8 Å². The van der Waals surface area contributed by atoms with Gasteiger partial charge in [0.2, 0.25) is 0 Å². The summed E-state index contributed by atoms with van der Waals surface area (Å²) in [5.41, 5.74) is 3.87. The molecular formula is C10H7F3N4O2. The number of pyridine rings is 1. The summed E-state index contributed by atoms with van der Waals surface area (Å²) in [7, 11) is 0. The van der Waals surface area contributed by atoms with E-state index in [0.717, 1.165) is 29.2 Å². The van der Waals surface area contributed by atoms with Crippen molar-refractivity contribution in [3.63, 3.8) is 0 Å². The zero-order chi connectivity index (χ0) is 14.2. The van der Waals surface area contributed by atoms with Gasteiger partial charge in [0.15, 0.2) is 11.5 Å². The minimum Gasteiger partial charge on any atom is -0.476 e. The number of carbonyl (C=O) groups is 1. The number of alkyl halides is 3. The monoisotopic (exact) mass is 272 g/mol. The summed E-state index contributed by atoms with van der Waals surface area (Å²) in [6.45, 7) is 0. The SMILES string of the molecule is Nc1cn(-c2cc(C(F)(F)F)ccn2)nc1C(=O)O. The standard InChI is InChI=1S/C10H7F3N4O2/c11-10(12,13)5-1-2-15-7(3-5)17-4-6(14)8(16-17)9(18)19/h1-4H,14H2,(H,18,19). The van der Waals surface area contributed by atoms with Gasteiger partial charge in [-0.1, -0.05) is 0 Å². The number of nitrogens with two attached hydrogens (primary N) is 1. The molecule has 0 bridgehead atoms. The molecule has 0 saturated heterocycles. The number of rotatable bonds is 2. The molecule has 2 aromatic heterocycles. The average molecular weight is 272 g/mol. The van der Waals surface area contributed by atoms with Crippen molar-refractivity contribution in [3.05, 3.63) is 35.8 Å². The fourth-order valence-electron chi connectivity index (χ4n) is 1.39. The number of carboxylic acids is 1. The molecule has 0 unspecified atom stereocenters. The Bertz CT molecular complexity index is 636. The highest BCUT2D eigenvalue weighted by Gasteiger charge is 2.31. The third kappa shape index (κ3) is 2.49. The van der Waals surface area contributed by atoms with E-state index >= 15 is 0 Å². The maximum Gasteiger partial charge on any atom is 0.416 e. The van der Waals surface area contributed by atoms with Crippen LogP contribution >= 0.6 is 0 Å². The Morgan fingerprint density at radius 2 is 2.11 bits per heavy atom. The van der Waals surface area contributed by atoms with E-state index in [0.29, 0.717) is 0 Å². The highest BCUT2D eigenvalue weighted by atomic mass is 19.4. The number of carboxylic acid groups (broad SMARTS) is 1. The molecule has 0 aliphatic heterocycles. The van der Waals surface area contributed by atoms with Gasteiger partial charge in [-0.2, -0.15) is 18.3 Å². The van der Waals surface area contributed by atoms with Gasteiger partial charge in [0, 0.05) is 6.20 Å². The van der Waals surface area contributed by atoms with Gasteiger partial charge in [-0.15, -0.1) is 0 Å². The first-order valence-electron chi connectivity index (χ1n) is 4.91. The van der Waals surface area contributed by atoms with Crippen LogP contribution in [0.15, 0.2) is 24.5 Å². The lowest BCUT2D eigenvalue weighted by molar-refractivity contribution is -0.137. The summed E-state index contributed by atoms with van der Waals surface area (Å²) in [5.74, 6) is -1.54. The number of nitrogen functional groups attached to an aromatic ring is 1. The minimum absolute atomic E-state index is 0.160. The van der Waals surface area contributed by atoms with Crippen LogP contribution in [-0.2, 0) is 6.18 Å². The molecule has 0 radical (unpaired) electrons. The Balaban J connectivity index is 2.48. The third-order valence-corrected chi connectivity index (χ3v) is 2.25. The predicted molar refractivity (Wildman–Crippen MR) is 57.7 cm³/mol. The molecule has 0 fully saturated rings. The second-order valence-electron chi connectivity index (χ2n) is 3.58. The average Bonchev–Trinajstić information content (AvgIpc) is 2.70. The van der Waals surface area contributed by atoms with E-state index in [2.05, 4.69) is 10.1 Å². The molecule has 6 nitrogen and oxygen atoms in total. The number of halogens is 3. The van der Waals surface area contributed by atoms with Gasteiger partial charge >= 0.3 is 12.1 Å². The first-order valence-corrected chi connectivity index (χ1v) is 4.91. The molecule has 19 heavy (non-hydrogen) atoms. The van der Waals surface area contributed by atoms with Crippen molar-refractivity contribution >= 4 is 11.7 Å². The molecule has 0 aliphatic rings. The molecule has 0 saturated carbocycles. The topological polar surface area (TPSA) is 94.0 Å². The lowest BCUT2D eigenvalue weighted by atomic mass is 10.2. The second-order valence-corrected chi connectivity index (χ2v) is 3.58. The number of aromatic carboxylic acids is 1. The van der Waals surface area contributed by atoms with Gasteiger partial charge in [0.25, 0.3) is 0 Å². The molecule has 2 heterocycles. The Labute approximate surface area is 104 Å². The predicted octanol–water partition coefficient (Wildman–Crippen LogP) is 1.57. The molecule has 2 aromatic rings. The van der Waals surface area contributed by atoms with Crippen LogP contribution in [-0.4, -0.2) is 25.8 Å². The van der Waals surface area contributed by atoms with E-state index in [1.54, 1.807) is 0 Å². The minimum atomic E-state index is -4.52. The van der Waals surface area contributed by atoms with Crippen molar-refractivity contribution in [2.45, 2.75) is 6.18 Å². The van der Waals surface area contributed by atoms with Crippen molar-refractivity contribution in [1.82, 2.24) is 14.8 Å². The van der Waals surface area contributed by atoms with Crippen LogP contribution in [0.2, 0.25) is 0 Å². The normalized spacial score (nSPS) is 11.5. The molecule has 3 N–H and O–H groups in total. The molecule has 100 valence electrons. The maximum absolute atomic E-state index is 12.5. The van der Waals surface area contributed by atoms with Crippen LogP contribution in [0.3, 0.4) is 0 Å². The number of hydrogen-bond acceptors (Lipinski definition) is 4. The fourth-order valence-corrected chi connectivity index (χ4v) is 1.39. The smallest absolute Gasteiger partial charge is 0.416 e. The lowest BCUT2D eigenvalue weighted by Gasteiger charge is -2.07. The van der Waals surface area contributed by atoms with E-state index < -0.39 is 23.4 Å². The second kappa shape index (κ2) is 4.26. The summed E-state index contributed by atoms with van der Waals surface area (Å²) in [4.78, 5) is 14.4. The molecular weight excluding hydrogens is 265 g/mol. The van der Waals surface area contributed by atoms with E-state index in [9.17, 15) is 18.0 Å². The van der Waals surface area contributed by atoms with E-state index in [4.69, 9.17) is 10.8 Å². The maximum atomic E-state index is 12.5. The van der Waals surface area contributed by atoms with Crippen molar-refractivity contribution in [3.8, 4) is 5.82 Å². The van der Waals surface area contributed by atoms with Crippen LogP contribution in [0.4, 0.5) is 18.9 Å². The Hall–Kier alpha value is -2.58. The quantitative estimate of drug-likeness (QED) is 0.865. The Morgan fingerprint density at radius 3 is 2.63 bits per heavy atom. The van der Waals surface area contributed by atoms with E-state index in [1.807, 2.05) is 0 Å². The number of aromatic nitrogens is 3. The van der Waals surface area contributed by atoms with Gasteiger partial charge in [0.1, 0.15) is 0 Å². The van der Waals surface area contributed by atoms with Crippen LogP contribution < -0.4 is 5.73 Å². The molecule has 9 heteroatoms. The summed E-state index contributed by atoms with van der Waals surface area (Å²) in [5, 5.41) is 12.3. The van der Waals surface area contributed by atoms with Gasteiger partial charge in [0.05, 0.1) is 17.4 Å². The van der Waals surface area contributed by atoms with Crippen LogP contribution in [0.25, 0.3) is 5.82 Å². The van der Waals surface area contributed by atoms with Crippen molar-refractivity contribution in [1.29, 1.82) is 0 Å². The summed E-state index contributed by atoms with van der Waals surface area (Å²) in [6.07, 6.45) is -2.48. The van der Waals surface area contributed by atoms with Crippen molar-refractivity contribution < 1.29 is 23.1 Å². The van der Waals surface area contributed by atoms with Crippen molar-refractivity contribution in [2.75, 3.05) is 5.73 Å². The van der Waals surface area contributed by atoms with E-state index in [-0.39, 0.29) is 11.5 Å². The third-order valence-electron chi connectivity index (χ3n) is 2.25.